The van der Waals surface area contributed by atoms with Gasteiger partial charge in [-0.3, -0.25) is 29.4 Å². The average Bonchev–Trinajstić information content (AvgIpc) is 3.93. The number of amides is 4. The van der Waals surface area contributed by atoms with Crippen LogP contribution in [0.5, 0.6) is 5.75 Å². The summed E-state index contributed by atoms with van der Waals surface area (Å²) in [7, 11) is 0. The van der Waals surface area contributed by atoms with Crippen molar-refractivity contribution in [3.63, 3.8) is 0 Å². The molecule has 3 aliphatic heterocycles. The third kappa shape index (κ3) is 15.1. The van der Waals surface area contributed by atoms with Gasteiger partial charge >= 0.3 is 5.97 Å². The average molecular weight is 1210 g/mol. The van der Waals surface area contributed by atoms with Crippen molar-refractivity contribution in [2.24, 2.45) is 11.3 Å². The number of thiazole rings is 3. The van der Waals surface area contributed by atoms with Gasteiger partial charge in [-0.05, 0) is 135 Å². The Bertz CT molecular complexity index is 3560. The largest absolute Gasteiger partial charge is 0.494 e. The van der Waals surface area contributed by atoms with E-state index in [-0.39, 0.29) is 49.0 Å². The first-order valence-electron chi connectivity index (χ1n) is 28.8. The van der Waals surface area contributed by atoms with Crippen LogP contribution in [0.3, 0.4) is 0 Å². The maximum absolute atomic E-state index is 14.2. The number of para-hydroxylation sites is 1. The lowest BCUT2D eigenvalue weighted by molar-refractivity contribution is -0.144. The summed E-state index contributed by atoms with van der Waals surface area (Å²) in [6.07, 6.45) is 2.76. The topological polar surface area (TPSA) is 229 Å². The van der Waals surface area contributed by atoms with Gasteiger partial charge in [0, 0.05) is 42.1 Å². The van der Waals surface area contributed by atoms with Crippen LogP contribution < -0.4 is 25.6 Å². The molecule has 21 heteroatoms. The van der Waals surface area contributed by atoms with Crippen molar-refractivity contribution < 1.29 is 43.7 Å². The lowest BCUT2D eigenvalue weighted by Gasteiger charge is -2.35. The summed E-state index contributed by atoms with van der Waals surface area (Å²) in [6, 6.07) is 26.9. The molecule has 2 saturated heterocycles. The number of aryl methyl sites for hydroxylation is 2. The monoisotopic (exact) mass is 1210 g/mol. The summed E-state index contributed by atoms with van der Waals surface area (Å²) < 4.78 is 13.0. The summed E-state index contributed by atoms with van der Waals surface area (Å²) in [6.45, 7) is 13.4. The van der Waals surface area contributed by atoms with Crippen molar-refractivity contribution >= 4 is 84.1 Å². The minimum Gasteiger partial charge on any atom is -0.494 e. The molecule has 3 aliphatic rings. The van der Waals surface area contributed by atoms with Crippen LogP contribution in [0.4, 0.5) is 10.3 Å². The molecular weight excluding hydrogens is 1130 g/mol. The van der Waals surface area contributed by atoms with Gasteiger partial charge in [0.1, 0.15) is 24.4 Å². The highest BCUT2D eigenvalue weighted by molar-refractivity contribution is 7.22. The molecule has 444 valence electrons. The van der Waals surface area contributed by atoms with E-state index in [9.17, 15) is 34.2 Å². The normalized spacial score (nSPS) is 17.2. The molecule has 4 atom stereocenters. The number of carboxylic acids is 1. The number of rotatable bonds is 20. The summed E-state index contributed by atoms with van der Waals surface area (Å²) >= 11 is 4.37. The number of likely N-dealkylation sites (tertiary alicyclic amines) is 2. The first-order valence-corrected chi connectivity index (χ1v) is 31.3. The Kier molecular flexibility index (Phi) is 19.4. The number of piperidine rings is 1. The Morgan fingerprint density at radius 2 is 1.68 bits per heavy atom. The Hall–Kier alpha value is -7.58. The highest BCUT2D eigenvalue weighted by Gasteiger charge is 2.45. The van der Waals surface area contributed by atoms with Crippen LogP contribution in [0.25, 0.3) is 20.7 Å². The molecule has 0 aliphatic carbocycles. The molecule has 0 saturated carbocycles. The molecule has 4 aromatic carbocycles. The van der Waals surface area contributed by atoms with Crippen molar-refractivity contribution in [3.8, 4) is 28.0 Å². The third-order valence-corrected chi connectivity index (χ3v) is 18.9. The van der Waals surface area contributed by atoms with Gasteiger partial charge in [0.05, 0.1) is 58.2 Å². The zero-order valence-corrected chi connectivity index (χ0v) is 50.8. The summed E-state index contributed by atoms with van der Waals surface area (Å²) in [5.74, 6) is 4.99. The number of β-amino-alcohol motifs (C(OH)–C–C–N with tert-alkyl or cyclic N) is 1. The minimum absolute atomic E-state index is 0.0145. The standard InChI is InChI=1S/C64H71N9O9S3/c1-39(43-19-21-45(22-20-43)56-40(2)65-38-83-56)66-59(77)51-33-46(74)34-73(51)60(78)57(64(3,4)5)68-54(75)37-81-36-42-25-29-71(30-26-42)28-9-11-41-17-23-47(24-18-41)82-32-10-16-53-55(61(79)80)69-63(85-53)72-31-27-44-12-8-13-48(49(44)35-72)58(76)70-62-67-50-14-6-7-15-52(50)84-62/h6-8,12-15,17-24,38-39,42,46,51,57,74H,10,16,25-37H2,1-5H3,(H,66,77)(H,68,75)(H,79,80)(H,67,70,76)/t39-,46+,51-,57+/m0/s1. The maximum Gasteiger partial charge on any atom is 0.355 e. The first-order chi connectivity index (χ1) is 40.9. The van der Waals surface area contributed by atoms with E-state index in [1.165, 1.54) is 27.6 Å². The van der Waals surface area contributed by atoms with Gasteiger partial charge < -0.3 is 40.1 Å². The number of fused-ring (bicyclic) bond motifs is 2. The van der Waals surface area contributed by atoms with E-state index in [1.807, 2.05) is 131 Å². The number of hydrogen-bond acceptors (Lipinski definition) is 16. The second-order valence-electron chi connectivity index (χ2n) is 23.0. The second-order valence-corrected chi connectivity index (χ2v) is 26.0. The van der Waals surface area contributed by atoms with Crippen LogP contribution >= 0.6 is 34.0 Å². The molecule has 0 unspecified atom stereocenters. The summed E-state index contributed by atoms with van der Waals surface area (Å²) in [4.78, 5) is 88.2. The molecule has 18 nitrogen and oxygen atoms in total. The van der Waals surface area contributed by atoms with Gasteiger partial charge in [-0.15, -0.1) is 22.7 Å². The van der Waals surface area contributed by atoms with Gasteiger partial charge in [-0.1, -0.05) is 92.5 Å². The van der Waals surface area contributed by atoms with Gasteiger partial charge in [-0.2, -0.15) is 0 Å². The Labute approximate surface area is 507 Å². The van der Waals surface area contributed by atoms with E-state index < -0.39 is 41.4 Å². The Morgan fingerprint density at radius 3 is 2.41 bits per heavy atom. The van der Waals surface area contributed by atoms with Gasteiger partial charge in [0.25, 0.3) is 5.91 Å². The van der Waals surface area contributed by atoms with Gasteiger partial charge in [0.15, 0.2) is 16.0 Å². The zero-order valence-electron chi connectivity index (χ0n) is 48.4. The molecule has 6 heterocycles. The highest BCUT2D eigenvalue weighted by Crippen LogP contribution is 2.35. The lowest BCUT2D eigenvalue weighted by Crippen LogP contribution is -2.58. The number of aromatic carboxylic acids is 1. The Balaban J connectivity index is 0.625. The number of nitrogens with one attached hydrogen (secondary N) is 3. The summed E-state index contributed by atoms with van der Waals surface area (Å²) in [5.41, 5.74) is 8.30. The smallest absolute Gasteiger partial charge is 0.355 e. The zero-order chi connectivity index (χ0) is 59.8. The third-order valence-electron chi connectivity index (χ3n) is 15.8. The van der Waals surface area contributed by atoms with E-state index in [0.717, 1.165) is 74.5 Å². The number of carboxylic acid groups (broad SMARTS) is 1. The van der Waals surface area contributed by atoms with E-state index >= 15 is 0 Å². The fraction of sp³-hybridized carbons (Fsp3) is 0.406. The molecule has 0 spiro atoms. The van der Waals surface area contributed by atoms with E-state index in [1.54, 1.807) is 11.3 Å². The molecule has 5 N–H and O–H groups in total. The van der Waals surface area contributed by atoms with Crippen LogP contribution in [-0.4, -0.2) is 135 Å². The molecule has 0 radical (unpaired) electrons. The number of aromatic nitrogens is 3. The van der Waals surface area contributed by atoms with E-state index in [4.69, 9.17) is 9.47 Å². The fourth-order valence-corrected chi connectivity index (χ4v) is 13.8. The predicted octanol–water partition coefficient (Wildman–Crippen LogP) is 9.16. The minimum atomic E-state index is -1.08. The number of carbonyl (C=O) groups is 5. The SMILES string of the molecule is Cc1ncsc1-c1ccc([C@H](C)NC(=O)[C@@H]2C[C@@H](O)CN2C(=O)[C@@H](NC(=O)COCC2CCN(CC#Cc3ccc(OCCCc4sc(N5CCc6cccc(C(=O)Nc7nc8ccccc8s7)c6C5)nc4C(=O)O)cc3)CC2)C(C)(C)C)cc1. The number of nitrogens with zero attached hydrogens (tertiary/aromatic N) is 6. The number of anilines is 2. The Morgan fingerprint density at radius 1 is 0.906 bits per heavy atom. The molecular formula is C64H71N9O9S3. The van der Waals surface area contributed by atoms with Crippen molar-refractivity contribution in [1.29, 1.82) is 0 Å². The molecule has 2 fully saturated rings. The highest BCUT2D eigenvalue weighted by atomic mass is 32.1. The fourth-order valence-electron chi connectivity index (χ4n) is 11.0. The number of aliphatic hydroxyl groups excluding tert-OH is 1. The molecule has 85 heavy (non-hydrogen) atoms. The van der Waals surface area contributed by atoms with Crippen LogP contribution in [0.15, 0.2) is 96.5 Å². The molecule has 7 aromatic rings. The number of benzene rings is 4. The van der Waals surface area contributed by atoms with Gasteiger partial charge in [-0.25, -0.2) is 19.7 Å². The van der Waals surface area contributed by atoms with Crippen LogP contribution in [-0.2, 0) is 38.5 Å². The molecule has 10 rings (SSSR count). The van der Waals surface area contributed by atoms with E-state index in [2.05, 4.69) is 52.5 Å². The van der Waals surface area contributed by atoms with Crippen molar-refractivity contribution in [3.05, 3.63) is 141 Å². The number of hydrogen-bond donors (Lipinski definition) is 5. The van der Waals surface area contributed by atoms with Crippen molar-refractivity contribution in [2.45, 2.75) is 104 Å². The molecule has 4 amide bonds. The quantitative estimate of drug-likeness (QED) is 0.0354. The summed E-state index contributed by atoms with van der Waals surface area (Å²) in [5, 5.41) is 30.9. The molecule has 3 aromatic heterocycles. The predicted molar refractivity (Wildman–Crippen MR) is 331 cm³/mol. The maximum atomic E-state index is 14.2. The van der Waals surface area contributed by atoms with Crippen LogP contribution in [0.1, 0.15) is 113 Å². The van der Waals surface area contributed by atoms with Gasteiger partial charge in [0.2, 0.25) is 17.7 Å². The number of ether oxygens (including phenoxy) is 2. The van der Waals surface area contributed by atoms with Crippen LogP contribution in [0.2, 0.25) is 0 Å². The number of carbonyl (C=O) groups excluding carboxylic acids is 4. The van der Waals surface area contributed by atoms with Crippen molar-refractivity contribution in [2.75, 3.05) is 62.8 Å². The number of aliphatic hydroxyl groups is 1. The molecule has 0 bridgehead atoms. The van der Waals surface area contributed by atoms with Crippen LogP contribution in [0, 0.1) is 30.1 Å². The first kappa shape index (κ1) is 60.5. The second kappa shape index (κ2) is 27.2. The van der Waals surface area contributed by atoms with Crippen molar-refractivity contribution in [1.82, 2.24) is 35.4 Å². The lowest BCUT2D eigenvalue weighted by atomic mass is 9.85. The van der Waals surface area contributed by atoms with E-state index in [0.29, 0.717) is 78.6 Å².